The standard InChI is InChI=1S/C11H22N2O2.ClH/c1-9(7-12)8-13-11(14)6-10-4-2-3-5-15-10;/h9-10H,2-8,12H2,1H3,(H,13,14);1H. The quantitative estimate of drug-likeness (QED) is 0.768. The fourth-order valence-electron chi connectivity index (χ4n) is 1.62. The molecule has 3 N–H and O–H groups in total. The van der Waals surface area contributed by atoms with Crippen LogP contribution in [0.3, 0.4) is 0 Å². The molecule has 5 heteroatoms. The minimum atomic E-state index is 0. The van der Waals surface area contributed by atoms with Crippen LogP contribution in [-0.4, -0.2) is 31.7 Å². The number of nitrogens with one attached hydrogen (secondary N) is 1. The fourth-order valence-corrected chi connectivity index (χ4v) is 1.62. The van der Waals surface area contributed by atoms with Gasteiger partial charge in [-0.3, -0.25) is 4.79 Å². The van der Waals surface area contributed by atoms with Crippen LogP contribution < -0.4 is 11.1 Å². The molecular formula is C11H23ClN2O2. The van der Waals surface area contributed by atoms with E-state index < -0.39 is 0 Å². The second kappa shape index (κ2) is 8.79. The molecule has 1 saturated heterocycles. The number of hydrogen-bond donors (Lipinski definition) is 2. The average Bonchev–Trinajstić information content (AvgIpc) is 2.27. The van der Waals surface area contributed by atoms with Gasteiger partial charge < -0.3 is 15.8 Å². The topological polar surface area (TPSA) is 64.3 Å². The zero-order chi connectivity index (χ0) is 11.1. The highest BCUT2D eigenvalue weighted by Crippen LogP contribution is 2.15. The van der Waals surface area contributed by atoms with Gasteiger partial charge in [0.2, 0.25) is 5.91 Å². The molecule has 1 aliphatic rings. The number of amides is 1. The highest BCUT2D eigenvalue weighted by molar-refractivity contribution is 5.85. The second-order valence-electron chi connectivity index (χ2n) is 4.34. The van der Waals surface area contributed by atoms with Crippen LogP contribution in [0, 0.1) is 5.92 Å². The molecule has 1 aliphatic heterocycles. The van der Waals surface area contributed by atoms with E-state index in [0.29, 0.717) is 25.4 Å². The van der Waals surface area contributed by atoms with Gasteiger partial charge in [0.25, 0.3) is 0 Å². The first-order valence-corrected chi connectivity index (χ1v) is 5.80. The van der Waals surface area contributed by atoms with Gasteiger partial charge in [0, 0.05) is 13.2 Å². The molecule has 2 unspecified atom stereocenters. The molecule has 0 saturated carbocycles. The first kappa shape index (κ1) is 15.7. The van der Waals surface area contributed by atoms with Crippen molar-refractivity contribution in [1.29, 1.82) is 0 Å². The van der Waals surface area contributed by atoms with Gasteiger partial charge in [-0.2, -0.15) is 0 Å². The summed E-state index contributed by atoms with van der Waals surface area (Å²) in [5.74, 6) is 0.434. The summed E-state index contributed by atoms with van der Waals surface area (Å²) < 4.78 is 5.50. The number of halogens is 1. The first-order chi connectivity index (χ1) is 7.22. The van der Waals surface area contributed by atoms with Gasteiger partial charge in [0.05, 0.1) is 12.5 Å². The molecule has 0 aromatic rings. The van der Waals surface area contributed by atoms with Crippen molar-refractivity contribution >= 4 is 18.3 Å². The Morgan fingerprint density at radius 3 is 2.88 bits per heavy atom. The van der Waals surface area contributed by atoms with Crippen molar-refractivity contribution in [2.45, 2.75) is 38.7 Å². The van der Waals surface area contributed by atoms with E-state index in [4.69, 9.17) is 10.5 Å². The van der Waals surface area contributed by atoms with E-state index in [1.165, 1.54) is 6.42 Å². The second-order valence-corrected chi connectivity index (χ2v) is 4.34. The molecule has 0 aromatic carbocycles. The van der Waals surface area contributed by atoms with Gasteiger partial charge in [-0.25, -0.2) is 0 Å². The molecule has 0 radical (unpaired) electrons. The van der Waals surface area contributed by atoms with Crippen LogP contribution in [0.25, 0.3) is 0 Å². The normalized spacial score (nSPS) is 22.0. The minimum Gasteiger partial charge on any atom is -0.378 e. The Labute approximate surface area is 104 Å². The molecule has 96 valence electrons. The van der Waals surface area contributed by atoms with Crippen LogP contribution >= 0.6 is 12.4 Å². The highest BCUT2D eigenvalue weighted by Gasteiger charge is 2.17. The summed E-state index contributed by atoms with van der Waals surface area (Å²) in [6.07, 6.45) is 3.95. The lowest BCUT2D eigenvalue weighted by molar-refractivity contribution is -0.125. The lowest BCUT2D eigenvalue weighted by Gasteiger charge is -2.22. The lowest BCUT2D eigenvalue weighted by Crippen LogP contribution is -2.34. The minimum absolute atomic E-state index is 0. The van der Waals surface area contributed by atoms with Gasteiger partial charge in [-0.05, 0) is 31.7 Å². The molecule has 1 rings (SSSR count). The number of nitrogens with two attached hydrogens (primary N) is 1. The maximum atomic E-state index is 11.5. The summed E-state index contributed by atoms with van der Waals surface area (Å²) >= 11 is 0. The summed E-state index contributed by atoms with van der Waals surface area (Å²) in [5.41, 5.74) is 5.47. The SMILES string of the molecule is CC(CN)CNC(=O)CC1CCCCO1.Cl. The van der Waals surface area contributed by atoms with Gasteiger partial charge >= 0.3 is 0 Å². The Bertz CT molecular complexity index is 196. The fraction of sp³-hybridized carbons (Fsp3) is 0.909. The largest absolute Gasteiger partial charge is 0.378 e. The van der Waals surface area contributed by atoms with E-state index in [2.05, 4.69) is 5.32 Å². The third-order valence-electron chi connectivity index (χ3n) is 2.74. The third kappa shape index (κ3) is 6.30. The Morgan fingerprint density at radius 1 is 1.56 bits per heavy atom. The summed E-state index contributed by atoms with van der Waals surface area (Å²) in [5, 5.41) is 2.88. The smallest absolute Gasteiger partial charge is 0.222 e. The molecule has 1 amide bonds. The van der Waals surface area contributed by atoms with Gasteiger partial charge in [0.15, 0.2) is 0 Å². The van der Waals surface area contributed by atoms with E-state index in [0.717, 1.165) is 19.4 Å². The number of hydrogen-bond acceptors (Lipinski definition) is 3. The first-order valence-electron chi connectivity index (χ1n) is 5.80. The summed E-state index contributed by atoms with van der Waals surface area (Å²) in [6, 6.07) is 0. The number of rotatable bonds is 5. The zero-order valence-electron chi connectivity index (χ0n) is 9.91. The molecule has 0 bridgehead atoms. The van der Waals surface area contributed by atoms with Gasteiger partial charge in [0.1, 0.15) is 0 Å². The monoisotopic (exact) mass is 250 g/mol. The van der Waals surface area contributed by atoms with Crippen molar-refractivity contribution in [2.24, 2.45) is 11.7 Å². The van der Waals surface area contributed by atoms with E-state index in [9.17, 15) is 4.79 Å². The zero-order valence-corrected chi connectivity index (χ0v) is 10.7. The van der Waals surface area contributed by atoms with Gasteiger partial charge in [-0.15, -0.1) is 12.4 Å². The van der Waals surface area contributed by atoms with Crippen LogP contribution in [0.5, 0.6) is 0 Å². The Kier molecular flexibility index (Phi) is 8.61. The maximum Gasteiger partial charge on any atom is 0.222 e. The predicted octanol–water partition coefficient (Wildman–Crippen LogP) is 1.08. The molecular weight excluding hydrogens is 228 g/mol. The Hall–Kier alpha value is -0.320. The van der Waals surface area contributed by atoms with Crippen LogP contribution in [0.4, 0.5) is 0 Å². The molecule has 0 spiro atoms. The Morgan fingerprint density at radius 2 is 2.31 bits per heavy atom. The third-order valence-corrected chi connectivity index (χ3v) is 2.74. The molecule has 0 aromatic heterocycles. The highest BCUT2D eigenvalue weighted by atomic mass is 35.5. The Balaban J connectivity index is 0.00000225. The van der Waals surface area contributed by atoms with E-state index in [1.54, 1.807) is 0 Å². The molecule has 2 atom stereocenters. The van der Waals surface area contributed by atoms with Crippen LogP contribution in [-0.2, 0) is 9.53 Å². The van der Waals surface area contributed by atoms with E-state index in [1.807, 2.05) is 6.92 Å². The molecule has 16 heavy (non-hydrogen) atoms. The number of ether oxygens (including phenoxy) is 1. The summed E-state index contributed by atoms with van der Waals surface area (Å²) in [7, 11) is 0. The number of carbonyl (C=O) groups is 1. The molecule has 0 aliphatic carbocycles. The molecule has 1 heterocycles. The van der Waals surface area contributed by atoms with Crippen molar-refractivity contribution in [2.75, 3.05) is 19.7 Å². The average molecular weight is 251 g/mol. The molecule has 4 nitrogen and oxygen atoms in total. The van der Waals surface area contributed by atoms with Crippen LogP contribution in [0.2, 0.25) is 0 Å². The summed E-state index contributed by atoms with van der Waals surface area (Å²) in [4.78, 5) is 11.5. The number of carbonyl (C=O) groups excluding carboxylic acids is 1. The van der Waals surface area contributed by atoms with Crippen molar-refractivity contribution in [3.05, 3.63) is 0 Å². The van der Waals surface area contributed by atoms with Crippen molar-refractivity contribution in [3.63, 3.8) is 0 Å². The predicted molar refractivity (Wildman–Crippen MR) is 66.7 cm³/mol. The van der Waals surface area contributed by atoms with E-state index in [-0.39, 0.29) is 24.4 Å². The lowest BCUT2D eigenvalue weighted by atomic mass is 10.1. The van der Waals surface area contributed by atoms with Crippen molar-refractivity contribution < 1.29 is 9.53 Å². The summed E-state index contributed by atoms with van der Waals surface area (Å²) in [6.45, 7) is 4.11. The van der Waals surface area contributed by atoms with Crippen LogP contribution in [0.15, 0.2) is 0 Å². The molecule has 1 fully saturated rings. The van der Waals surface area contributed by atoms with E-state index >= 15 is 0 Å². The van der Waals surface area contributed by atoms with Crippen LogP contribution in [0.1, 0.15) is 32.6 Å². The van der Waals surface area contributed by atoms with Crippen molar-refractivity contribution in [3.8, 4) is 0 Å². The van der Waals surface area contributed by atoms with Gasteiger partial charge in [-0.1, -0.05) is 6.92 Å². The maximum absolute atomic E-state index is 11.5. The van der Waals surface area contributed by atoms with Crippen molar-refractivity contribution in [1.82, 2.24) is 5.32 Å².